The molecule has 7 nitrogen and oxygen atoms in total. The molecule has 3 N–H and O–H groups in total. The van der Waals surface area contributed by atoms with Crippen LogP contribution in [0.15, 0.2) is 24.4 Å². The van der Waals surface area contributed by atoms with E-state index in [1.165, 1.54) is 29.1 Å². The van der Waals surface area contributed by atoms with Gasteiger partial charge in [-0.25, -0.2) is 22.6 Å². The minimum atomic E-state index is -3.50. The minimum absolute atomic E-state index is 0.145. The van der Waals surface area contributed by atoms with Crippen molar-refractivity contribution in [2.24, 2.45) is 5.14 Å². The predicted octanol–water partition coefficient (Wildman–Crippen LogP) is 0.120. The Balaban J connectivity index is 2.13. The van der Waals surface area contributed by atoms with Gasteiger partial charge in [-0.1, -0.05) is 11.3 Å². The number of aliphatic hydroxyl groups is 1. The summed E-state index contributed by atoms with van der Waals surface area (Å²) in [6, 6.07) is 4.18. The Bertz CT molecular complexity index is 730. The molecule has 0 unspecified atom stereocenters. The van der Waals surface area contributed by atoms with Crippen LogP contribution in [0.2, 0.25) is 0 Å². The van der Waals surface area contributed by atoms with E-state index in [0.29, 0.717) is 24.1 Å². The monoisotopic (exact) mass is 314 g/mol. The van der Waals surface area contributed by atoms with Crippen molar-refractivity contribution in [3.63, 3.8) is 0 Å². The van der Waals surface area contributed by atoms with Crippen LogP contribution in [0.4, 0.5) is 4.39 Å². The van der Waals surface area contributed by atoms with E-state index in [0.717, 1.165) is 0 Å². The fourth-order valence-corrected chi connectivity index (χ4v) is 2.36. The first-order valence-electron chi connectivity index (χ1n) is 6.20. The lowest BCUT2D eigenvalue weighted by Gasteiger charge is -2.04. The fourth-order valence-electron chi connectivity index (χ4n) is 1.82. The first-order valence-corrected chi connectivity index (χ1v) is 7.92. The van der Waals surface area contributed by atoms with Crippen LogP contribution in [0.25, 0.3) is 5.69 Å². The summed E-state index contributed by atoms with van der Waals surface area (Å²) < 4.78 is 36.6. The van der Waals surface area contributed by atoms with Gasteiger partial charge in [0, 0.05) is 0 Å². The number of sulfonamides is 1. The molecule has 0 spiro atoms. The molecule has 1 aromatic heterocycles. The van der Waals surface area contributed by atoms with Crippen molar-refractivity contribution in [1.29, 1.82) is 0 Å². The van der Waals surface area contributed by atoms with Gasteiger partial charge >= 0.3 is 0 Å². The Labute approximate surface area is 121 Å². The van der Waals surface area contributed by atoms with Gasteiger partial charge in [0.2, 0.25) is 10.0 Å². The number of rotatable bonds is 6. The summed E-state index contributed by atoms with van der Waals surface area (Å²) in [4.78, 5) is 0. The molecule has 0 radical (unpaired) electrons. The molecule has 9 heteroatoms. The Morgan fingerprint density at radius 2 is 2.14 bits per heavy atom. The molecule has 0 amide bonds. The van der Waals surface area contributed by atoms with Crippen molar-refractivity contribution in [1.82, 2.24) is 15.0 Å². The second-order valence-electron chi connectivity index (χ2n) is 4.57. The molecule has 0 saturated heterocycles. The van der Waals surface area contributed by atoms with Crippen molar-refractivity contribution in [3.8, 4) is 5.69 Å². The van der Waals surface area contributed by atoms with Crippen molar-refractivity contribution in [2.75, 3.05) is 5.75 Å². The second-order valence-corrected chi connectivity index (χ2v) is 6.30. The number of aliphatic hydroxyl groups excluding tert-OH is 1. The smallest absolute Gasteiger partial charge is 0.209 e. The fraction of sp³-hybridized carbons (Fsp3) is 0.333. The molecule has 114 valence electrons. The Kier molecular flexibility index (Phi) is 4.66. The van der Waals surface area contributed by atoms with Crippen LogP contribution in [0.5, 0.6) is 0 Å². The summed E-state index contributed by atoms with van der Waals surface area (Å²) in [5.74, 6) is -0.637. The van der Waals surface area contributed by atoms with E-state index in [4.69, 9.17) is 10.2 Å². The maximum Gasteiger partial charge on any atom is 0.209 e. The number of primary sulfonamides is 1. The molecule has 0 saturated carbocycles. The van der Waals surface area contributed by atoms with Crippen LogP contribution in [0.1, 0.15) is 17.7 Å². The third kappa shape index (κ3) is 4.31. The van der Waals surface area contributed by atoms with Gasteiger partial charge in [0.15, 0.2) is 0 Å². The molecule has 0 bridgehead atoms. The second kappa shape index (κ2) is 6.29. The van der Waals surface area contributed by atoms with Crippen LogP contribution < -0.4 is 5.14 Å². The van der Waals surface area contributed by atoms with Crippen molar-refractivity contribution in [2.45, 2.75) is 19.4 Å². The number of hydrogen-bond donors (Lipinski definition) is 2. The number of nitrogens with two attached hydrogens (primary N) is 1. The van der Waals surface area contributed by atoms with Crippen molar-refractivity contribution < 1.29 is 17.9 Å². The van der Waals surface area contributed by atoms with E-state index in [1.807, 2.05) is 0 Å². The predicted molar refractivity (Wildman–Crippen MR) is 73.5 cm³/mol. The molecule has 1 heterocycles. The standard InChI is InChI=1S/C12H15FN4O3S/c13-11-4-3-9(8-18)6-12(11)17-7-10(15-16-17)2-1-5-21(14,19)20/h3-4,6-7,18H,1-2,5,8H2,(H2,14,19,20). The average molecular weight is 314 g/mol. The van der Waals surface area contributed by atoms with Gasteiger partial charge in [0.05, 0.1) is 24.3 Å². The van der Waals surface area contributed by atoms with E-state index < -0.39 is 15.8 Å². The molecular formula is C12H15FN4O3S. The average Bonchev–Trinajstić information content (AvgIpc) is 2.86. The van der Waals surface area contributed by atoms with E-state index >= 15 is 0 Å². The van der Waals surface area contributed by atoms with Crippen LogP contribution in [-0.4, -0.2) is 34.3 Å². The molecule has 21 heavy (non-hydrogen) atoms. The Morgan fingerprint density at radius 3 is 2.81 bits per heavy atom. The molecule has 2 aromatic rings. The van der Waals surface area contributed by atoms with Gasteiger partial charge in [0.1, 0.15) is 11.5 Å². The first-order chi connectivity index (χ1) is 9.89. The van der Waals surface area contributed by atoms with Crippen LogP contribution >= 0.6 is 0 Å². The highest BCUT2D eigenvalue weighted by Gasteiger charge is 2.10. The molecule has 0 fully saturated rings. The molecule has 0 atom stereocenters. The van der Waals surface area contributed by atoms with Gasteiger partial charge in [-0.05, 0) is 30.5 Å². The quantitative estimate of drug-likeness (QED) is 0.786. The third-order valence-corrected chi connectivity index (χ3v) is 3.70. The number of halogens is 1. The highest BCUT2D eigenvalue weighted by Crippen LogP contribution is 2.15. The number of nitrogens with zero attached hydrogens (tertiary/aromatic N) is 3. The SMILES string of the molecule is NS(=O)(=O)CCCc1cn(-c2cc(CO)ccc2F)nn1. The highest BCUT2D eigenvalue weighted by atomic mass is 32.2. The van der Waals surface area contributed by atoms with Crippen molar-refractivity contribution in [3.05, 3.63) is 41.5 Å². The largest absolute Gasteiger partial charge is 0.392 e. The zero-order chi connectivity index (χ0) is 15.5. The number of benzene rings is 1. The summed E-state index contributed by atoms with van der Waals surface area (Å²) in [6.45, 7) is -0.205. The van der Waals surface area contributed by atoms with Crippen LogP contribution in [0.3, 0.4) is 0 Å². The summed E-state index contributed by atoms with van der Waals surface area (Å²) in [5.41, 5.74) is 1.26. The number of aromatic nitrogens is 3. The number of hydrogen-bond acceptors (Lipinski definition) is 5. The van der Waals surface area contributed by atoms with Gasteiger partial charge in [-0.3, -0.25) is 0 Å². The lowest BCUT2D eigenvalue weighted by atomic mass is 10.2. The molecule has 0 aliphatic heterocycles. The molecule has 0 aliphatic rings. The lowest BCUT2D eigenvalue weighted by molar-refractivity contribution is 0.281. The summed E-state index contributed by atoms with van der Waals surface area (Å²) in [6.07, 6.45) is 2.21. The van der Waals surface area contributed by atoms with Crippen molar-refractivity contribution >= 4 is 10.0 Å². The normalized spacial score (nSPS) is 11.8. The van der Waals surface area contributed by atoms with Gasteiger partial charge < -0.3 is 5.11 Å². The van der Waals surface area contributed by atoms with E-state index in [9.17, 15) is 12.8 Å². The lowest BCUT2D eigenvalue weighted by Crippen LogP contribution is -2.16. The van der Waals surface area contributed by atoms with Gasteiger partial charge in [-0.2, -0.15) is 0 Å². The van der Waals surface area contributed by atoms with Crippen LogP contribution in [-0.2, 0) is 23.1 Å². The minimum Gasteiger partial charge on any atom is -0.392 e. The topological polar surface area (TPSA) is 111 Å². The number of aryl methyl sites for hydroxylation is 1. The maximum atomic E-state index is 13.7. The summed E-state index contributed by atoms with van der Waals surface area (Å²) in [5, 5.41) is 21.6. The van der Waals surface area contributed by atoms with Gasteiger partial charge in [-0.15, -0.1) is 5.10 Å². The Morgan fingerprint density at radius 1 is 1.38 bits per heavy atom. The molecule has 0 aliphatic carbocycles. The molecule has 2 rings (SSSR count). The first kappa shape index (κ1) is 15.5. The third-order valence-electron chi connectivity index (χ3n) is 2.84. The molecular weight excluding hydrogens is 299 g/mol. The Hall–Kier alpha value is -1.84. The summed E-state index contributed by atoms with van der Waals surface area (Å²) >= 11 is 0. The maximum absolute atomic E-state index is 13.7. The summed E-state index contributed by atoms with van der Waals surface area (Å²) in [7, 11) is -3.50. The molecule has 1 aromatic carbocycles. The zero-order valence-electron chi connectivity index (χ0n) is 11.1. The van der Waals surface area contributed by atoms with E-state index in [-0.39, 0.29) is 18.0 Å². The van der Waals surface area contributed by atoms with Gasteiger partial charge in [0.25, 0.3) is 0 Å². The van der Waals surface area contributed by atoms with E-state index in [2.05, 4.69) is 10.3 Å². The van der Waals surface area contributed by atoms with E-state index in [1.54, 1.807) is 0 Å². The highest BCUT2D eigenvalue weighted by molar-refractivity contribution is 7.89. The van der Waals surface area contributed by atoms with Crippen LogP contribution in [0, 0.1) is 5.82 Å². The zero-order valence-corrected chi connectivity index (χ0v) is 11.9.